The van der Waals surface area contributed by atoms with Crippen LogP contribution in [0.15, 0.2) is 48.7 Å². The first-order valence-electron chi connectivity index (χ1n) is 11.2. The van der Waals surface area contributed by atoms with E-state index < -0.39 is 11.9 Å². The van der Waals surface area contributed by atoms with E-state index in [1.807, 2.05) is 30.3 Å². The van der Waals surface area contributed by atoms with Crippen LogP contribution in [0.5, 0.6) is 0 Å². The van der Waals surface area contributed by atoms with Crippen LogP contribution in [0.4, 0.5) is 10.2 Å². The van der Waals surface area contributed by atoms with Gasteiger partial charge in [-0.15, -0.1) is 0 Å². The summed E-state index contributed by atoms with van der Waals surface area (Å²) in [6.07, 6.45) is 5.03. The number of hydrogen-bond acceptors (Lipinski definition) is 5. The average Bonchev–Trinajstić information content (AvgIpc) is 3.30. The highest BCUT2D eigenvalue weighted by molar-refractivity contribution is 5.97. The molecular weight excluding hydrogens is 411 g/mol. The molecule has 3 rings (SSSR count). The van der Waals surface area contributed by atoms with E-state index in [9.17, 15) is 14.0 Å². The SMILES string of the molecule is CCCC[C@@H](CNOCc1ccccc1)C(=O)N1CCC[C@H]1C(=O)Nc1ccc(F)cn1. The minimum absolute atomic E-state index is 0.0426. The predicted octanol–water partition coefficient (Wildman–Crippen LogP) is 3.68. The van der Waals surface area contributed by atoms with Crippen molar-refractivity contribution in [1.82, 2.24) is 15.4 Å². The van der Waals surface area contributed by atoms with E-state index in [-0.39, 0.29) is 23.6 Å². The summed E-state index contributed by atoms with van der Waals surface area (Å²) in [5, 5.41) is 2.70. The Bertz CT molecular complexity index is 863. The van der Waals surface area contributed by atoms with Crippen LogP contribution in [-0.2, 0) is 21.0 Å². The minimum Gasteiger partial charge on any atom is -0.330 e. The molecule has 0 bridgehead atoms. The summed E-state index contributed by atoms with van der Waals surface area (Å²) in [5.41, 5.74) is 3.99. The maximum absolute atomic E-state index is 13.3. The van der Waals surface area contributed by atoms with Crippen LogP contribution in [0.25, 0.3) is 0 Å². The number of pyridine rings is 1. The zero-order valence-electron chi connectivity index (χ0n) is 18.4. The first kappa shape index (κ1) is 23.8. The fraction of sp³-hybridized carbons (Fsp3) is 0.458. The van der Waals surface area contributed by atoms with Gasteiger partial charge in [-0.2, -0.15) is 0 Å². The van der Waals surface area contributed by atoms with Crippen LogP contribution in [0, 0.1) is 11.7 Å². The first-order chi connectivity index (χ1) is 15.6. The maximum Gasteiger partial charge on any atom is 0.248 e. The largest absolute Gasteiger partial charge is 0.330 e. The molecule has 2 atom stereocenters. The number of unbranched alkanes of at least 4 members (excludes halogenated alkanes) is 1. The van der Waals surface area contributed by atoms with E-state index in [0.29, 0.717) is 26.1 Å². The molecule has 0 spiro atoms. The molecule has 2 aromatic rings. The standard InChI is InChI=1S/C24H31FN4O3/c1-2-3-10-19(15-27-32-17-18-8-5-4-6-9-18)24(31)29-14-7-11-21(29)23(30)28-22-13-12-20(25)16-26-22/h4-6,8-9,12-13,16,19,21,27H,2-3,7,10-11,14-15,17H2,1H3,(H,26,28,30)/t19-,21-/m0/s1. The van der Waals surface area contributed by atoms with E-state index >= 15 is 0 Å². The van der Waals surface area contributed by atoms with Crippen molar-refractivity contribution in [1.29, 1.82) is 0 Å². The molecule has 8 heteroatoms. The van der Waals surface area contributed by atoms with E-state index in [4.69, 9.17) is 4.84 Å². The second-order valence-corrected chi connectivity index (χ2v) is 8.00. The fourth-order valence-corrected chi connectivity index (χ4v) is 3.83. The molecule has 0 unspecified atom stereocenters. The van der Waals surface area contributed by atoms with Crippen molar-refractivity contribution in [2.24, 2.45) is 5.92 Å². The number of anilines is 1. The number of amides is 2. The van der Waals surface area contributed by atoms with Crippen molar-refractivity contribution in [3.05, 3.63) is 60.0 Å². The average molecular weight is 443 g/mol. The molecule has 1 saturated heterocycles. The zero-order valence-corrected chi connectivity index (χ0v) is 18.4. The van der Waals surface area contributed by atoms with Gasteiger partial charge in [0.15, 0.2) is 0 Å². The summed E-state index contributed by atoms with van der Waals surface area (Å²) in [6, 6.07) is 11.9. The van der Waals surface area contributed by atoms with Gasteiger partial charge in [0, 0.05) is 13.1 Å². The number of nitrogens with one attached hydrogen (secondary N) is 2. The Kier molecular flexibility index (Phi) is 9.13. The molecule has 7 nitrogen and oxygen atoms in total. The number of carbonyl (C=O) groups is 2. The first-order valence-corrected chi connectivity index (χ1v) is 11.2. The molecule has 2 N–H and O–H groups in total. The van der Waals surface area contributed by atoms with Gasteiger partial charge in [0.1, 0.15) is 17.7 Å². The topological polar surface area (TPSA) is 83.6 Å². The number of halogens is 1. The number of hydroxylamine groups is 1. The molecule has 0 radical (unpaired) electrons. The van der Waals surface area contributed by atoms with E-state index in [1.54, 1.807) is 4.90 Å². The van der Waals surface area contributed by atoms with E-state index in [0.717, 1.165) is 37.4 Å². The predicted molar refractivity (Wildman–Crippen MR) is 120 cm³/mol. The number of hydrogen-bond donors (Lipinski definition) is 2. The number of nitrogens with zero attached hydrogens (tertiary/aromatic N) is 2. The quantitative estimate of drug-likeness (QED) is 0.410. The molecule has 1 aromatic carbocycles. The Morgan fingerprint density at radius 1 is 1.25 bits per heavy atom. The highest BCUT2D eigenvalue weighted by atomic mass is 19.1. The normalized spacial score (nSPS) is 16.7. The van der Waals surface area contributed by atoms with Crippen LogP contribution in [0.2, 0.25) is 0 Å². The van der Waals surface area contributed by atoms with Crippen molar-refractivity contribution < 1.29 is 18.8 Å². The lowest BCUT2D eigenvalue weighted by molar-refractivity contribution is -0.141. The Balaban J connectivity index is 1.56. The van der Waals surface area contributed by atoms with Crippen LogP contribution in [-0.4, -0.2) is 40.8 Å². The van der Waals surface area contributed by atoms with Crippen molar-refractivity contribution >= 4 is 17.6 Å². The third-order valence-corrected chi connectivity index (χ3v) is 5.59. The van der Waals surface area contributed by atoms with Crippen molar-refractivity contribution in [2.75, 3.05) is 18.4 Å². The van der Waals surface area contributed by atoms with Crippen molar-refractivity contribution in [3.8, 4) is 0 Å². The van der Waals surface area contributed by atoms with Gasteiger partial charge < -0.3 is 10.2 Å². The van der Waals surface area contributed by atoms with Gasteiger partial charge in [-0.3, -0.25) is 14.4 Å². The summed E-state index contributed by atoms with van der Waals surface area (Å²) >= 11 is 0. The molecule has 1 aliphatic heterocycles. The second-order valence-electron chi connectivity index (χ2n) is 8.00. The van der Waals surface area contributed by atoms with Gasteiger partial charge in [-0.25, -0.2) is 14.9 Å². The monoisotopic (exact) mass is 442 g/mol. The van der Waals surface area contributed by atoms with Gasteiger partial charge in [0.05, 0.1) is 18.7 Å². The molecule has 2 amide bonds. The second kappa shape index (κ2) is 12.3. The number of aromatic nitrogens is 1. The highest BCUT2D eigenvalue weighted by Gasteiger charge is 2.37. The summed E-state index contributed by atoms with van der Waals surface area (Å²) in [4.78, 5) is 37.2. The van der Waals surface area contributed by atoms with Gasteiger partial charge >= 0.3 is 0 Å². The lowest BCUT2D eigenvalue weighted by Gasteiger charge is -2.28. The highest BCUT2D eigenvalue weighted by Crippen LogP contribution is 2.23. The zero-order chi connectivity index (χ0) is 22.8. The fourth-order valence-electron chi connectivity index (χ4n) is 3.83. The van der Waals surface area contributed by atoms with Gasteiger partial charge in [0.25, 0.3) is 0 Å². The minimum atomic E-state index is -0.552. The van der Waals surface area contributed by atoms with Gasteiger partial charge in [0.2, 0.25) is 11.8 Å². The molecule has 0 saturated carbocycles. The third-order valence-electron chi connectivity index (χ3n) is 5.59. The van der Waals surface area contributed by atoms with Gasteiger partial charge in [-0.05, 0) is 37.0 Å². The van der Waals surface area contributed by atoms with Crippen molar-refractivity contribution in [2.45, 2.75) is 51.7 Å². The summed E-state index contributed by atoms with van der Waals surface area (Å²) in [7, 11) is 0. The number of carbonyl (C=O) groups excluding carboxylic acids is 2. The number of likely N-dealkylation sites (tertiary alicyclic amines) is 1. The van der Waals surface area contributed by atoms with Gasteiger partial charge in [-0.1, -0.05) is 50.1 Å². The molecule has 172 valence electrons. The Morgan fingerprint density at radius 3 is 2.78 bits per heavy atom. The molecule has 32 heavy (non-hydrogen) atoms. The van der Waals surface area contributed by atoms with Crippen LogP contribution in [0.3, 0.4) is 0 Å². The van der Waals surface area contributed by atoms with Crippen LogP contribution < -0.4 is 10.8 Å². The lowest BCUT2D eigenvalue weighted by atomic mass is 10.00. The lowest BCUT2D eigenvalue weighted by Crippen LogP contribution is -2.47. The molecular formula is C24H31FN4O3. The number of rotatable bonds is 11. The Morgan fingerprint density at radius 2 is 2.06 bits per heavy atom. The molecule has 2 heterocycles. The molecule has 0 aliphatic carbocycles. The number of benzene rings is 1. The molecule has 1 aromatic heterocycles. The molecule has 1 aliphatic rings. The Labute approximate surface area is 188 Å². The summed E-state index contributed by atoms with van der Waals surface area (Å²) in [5.74, 6) is -0.810. The molecule has 1 fully saturated rings. The summed E-state index contributed by atoms with van der Waals surface area (Å²) in [6.45, 7) is 3.43. The van der Waals surface area contributed by atoms with Crippen molar-refractivity contribution in [3.63, 3.8) is 0 Å². The maximum atomic E-state index is 13.3. The van der Waals surface area contributed by atoms with Crippen LogP contribution in [0.1, 0.15) is 44.6 Å². The third kappa shape index (κ3) is 6.83. The summed E-state index contributed by atoms with van der Waals surface area (Å²) < 4.78 is 13.1. The van der Waals surface area contributed by atoms with E-state index in [1.165, 1.54) is 12.1 Å². The Hall–Kier alpha value is -2.84. The smallest absolute Gasteiger partial charge is 0.248 e. The van der Waals surface area contributed by atoms with E-state index in [2.05, 4.69) is 22.7 Å². The van der Waals surface area contributed by atoms with Crippen LogP contribution >= 0.6 is 0 Å².